The maximum Gasteiger partial charge on any atom is 0.235 e. The lowest BCUT2D eigenvalue weighted by molar-refractivity contribution is -0.400. The van der Waals surface area contributed by atoms with E-state index in [1.807, 2.05) is 49.4 Å². The minimum absolute atomic E-state index is 0.326. The minimum atomic E-state index is -0.532. The van der Waals surface area contributed by atoms with E-state index in [0.717, 1.165) is 17.3 Å². The third-order valence-electron chi connectivity index (χ3n) is 4.02. The van der Waals surface area contributed by atoms with Crippen LogP contribution in [-0.4, -0.2) is 4.92 Å². The van der Waals surface area contributed by atoms with Crippen molar-refractivity contribution in [2.45, 2.75) is 13.5 Å². The van der Waals surface area contributed by atoms with Gasteiger partial charge in [-0.2, -0.15) is 0 Å². The molecule has 136 valence electrons. The highest BCUT2D eigenvalue weighted by atomic mass is 19.1. The SMILES string of the molecule is Cc1cc(OCc2ccccc2)c(/C=C/[N+](=O)[O-])c(-c2cccc(F)c2)c1. The number of rotatable bonds is 6. The van der Waals surface area contributed by atoms with Crippen LogP contribution < -0.4 is 4.74 Å². The Morgan fingerprint density at radius 1 is 1.07 bits per heavy atom. The minimum Gasteiger partial charge on any atom is -0.488 e. The number of aryl methyl sites for hydroxylation is 1. The van der Waals surface area contributed by atoms with Gasteiger partial charge in [-0.3, -0.25) is 10.1 Å². The van der Waals surface area contributed by atoms with Crippen LogP contribution in [0.1, 0.15) is 16.7 Å². The van der Waals surface area contributed by atoms with Crippen molar-refractivity contribution >= 4 is 6.08 Å². The first-order chi connectivity index (χ1) is 13.0. The maximum absolute atomic E-state index is 13.7. The normalized spacial score (nSPS) is 10.9. The number of halogens is 1. The summed E-state index contributed by atoms with van der Waals surface area (Å²) < 4.78 is 19.7. The van der Waals surface area contributed by atoms with Gasteiger partial charge in [-0.15, -0.1) is 0 Å². The molecule has 0 radical (unpaired) electrons. The molecule has 0 bridgehead atoms. The van der Waals surface area contributed by atoms with Crippen molar-refractivity contribution in [3.8, 4) is 16.9 Å². The van der Waals surface area contributed by atoms with Crippen LogP contribution in [0.3, 0.4) is 0 Å². The quantitative estimate of drug-likeness (QED) is 0.421. The van der Waals surface area contributed by atoms with E-state index in [-0.39, 0.29) is 5.82 Å². The lowest BCUT2D eigenvalue weighted by Gasteiger charge is -2.15. The van der Waals surface area contributed by atoms with Gasteiger partial charge in [0, 0.05) is 11.6 Å². The van der Waals surface area contributed by atoms with Crippen LogP contribution in [0.15, 0.2) is 72.9 Å². The monoisotopic (exact) mass is 363 g/mol. The van der Waals surface area contributed by atoms with Crippen molar-refractivity contribution in [2.24, 2.45) is 0 Å². The summed E-state index contributed by atoms with van der Waals surface area (Å²) in [6.45, 7) is 2.23. The predicted molar refractivity (Wildman–Crippen MR) is 103 cm³/mol. The van der Waals surface area contributed by atoms with E-state index >= 15 is 0 Å². The highest BCUT2D eigenvalue weighted by Crippen LogP contribution is 2.34. The highest BCUT2D eigenvalue weighted by Gasteiger charge is 2.13. The summed E-state index contributed by atoms with van der Waals surface area (Å²) in [5.41, 5.74) is 3.74. The number of ether oxygens (including phenoxy) is 1. The van der Waals surface area contributed by atoms with Crippen LogP contribution in [0.25, 0.3) is 17.2 Å². The molecule has 0 amide bonds. The second-order valence-electron chi connectivity index (χ2n) is 6.11. The standard InChI is InChI=1S/C22H18FNO3/c1-16-12-21(18-8-5-9-19(23)14-18)20(10-11-24(25)26)22(13-16)27-15-17-6-3-2-4-7-17/h2-14H,15H2,1H3/b11-10+. The summed E-state index contributed by atoms with van der Waals surface area (Å²) in [5, 5.41) is 10.9. The molecular weight excluding hydrogens is 345 g/mol. The topological polar surface area (TPSA) is 52.4 Å². The fraction of sp³-hybridized carbons (Fsp3) is 0.0909. The van der Waals surface area contributed by atoms with Crippen LogP contribution in [0.5, 0.6) is 5.75 Å². The first kappa shape index (κ1) is 18.3. The third-order valence-corrected chi connectivity index (χ3v) is 4.02. The van der Waals surface area contributed by atoms with Crippen LogP contribution >= 0.6 is 0 Å². The molecule has 0 fully saturated rings. The molecule has 0 aliphatic heterocycles. The second kappa shape index (κ2) is 8.27. The van der Waals surface area contributed by atoms with Gasteiger partial charge in [0.1, 0.15) is 18.2 Å². The molecule has 3 aromatic rings. The van der Waals surface area contributed by atoms with Crippen molar-refractivity contribution in [1.29, 1.82) is 0 Å². The first-order valence-corrected chi connectivity index (χ1v) is 8.42. The second-order valence-corrected chi connectivity index (χ2v) is 6.11. The van der Waals surface area contributed by atoms with E-state index in [9.17, 15) is 14.5 Å². The van der Waals surface area contributed by atoms with E-state index in [0.29, 0.717) is 29.0 Å². The van der Waals surface area contributed by atoms with Gasteiger partial charge >= 0.3 is 0 Å². The molecule has 27 heavy (non-hydrogen) atoms. The summed E-state index contributed by atoms with van der Waals surface area (Å²) in [5.74, 6) is 0.140. The zero-order chi connectivity index (χ0) is 19.2. The smallest absolute Gasteiger partial charge is 0.235 e. The third kappa shape index (κ3) is 4.79. The van der Waals surface area contributed by atoms with E-state index in [2.05, 4.69) is 0 Å². The Balaban J connectivity index is 2.06. The molecule has 0 saturated heterocycles. The van der Waals surface area contributed by atoms with E-state index in [4.69, 9.17) is 4.74 Å². The van der Waals surface area contributed by atoms with Gasteiger partial charge in [0.05, 0.1) is 4.92 Å². The molecule has 0 N–H and O–H groups in total. The lowest BCUT2D eigenvalue weighted by Crippen LogP contribution is -1.99. The summed E-state index contributed by atoms with van der Waals surface area (Å²) in [6.07, 6.45) is 2.25. The lowest BCUT2D eigenvalue weighted by atomic mass is 9.96. The number of nitrogens with zero attached hydrogens (tertiary/aromatic N) is 1. The van der Waals surface area contributed by atoms with Gasteiger partial charge in [0.2, 0.25) is 6.20 Å². The average Bonchev–Trinajstić information content (AvgIpc) is 2.65. The zero-order valence-corrected chi connectivity index (χ0v) is 14.8. The predicted octanol–water partition coefficient (Wildman–Crippen LogP) is 5.63. The number of hydrogen-bond donors (Lipinski definition) is 0. The van der Waals surface area contributed by atoms with Crippen LogP contribution in [0.2, 0.25) is 0 Å². The molecule has 0 aliphatic rings. The Labute approximate surface area is 156 Å². The van der Waals surface area contributed by atoms with E-state index < -0.39 is 4.92 Å². The van der Waals surface area contributed by atoms with Crippen molar-refractivity contribution in [2.75, 3.05) is 0 Å². The molecule has 0 atom stereocenters. The van der Waals surface area contributed by atoms with E-state index in [1.165, 1.54) is 18.2 Å². The summed E-state index contributed by atoms with van der Waals surface area (Å²) in [7, 11) is 0. The highest BCUT2D eigenvalue weighted by molar-refractivity contribution is 5.79. The largest absolute Gasteiger partial charge is 0.488 e. The molecule has 5 heteroatoms. The van der Waals surface area contributed by atoms with Crippen molar-refractivity contribution in [1.82, 2.24) is 0 Å². The molecule has 0 aromatic heterocycles. The van der Waals surface area contributed by atoms with Crippen LogP contribution in [0.4, 0.5) is 4.39 Å². The molecule has 3 aromatic carbocycles. The summed E-state index contributed by atoms with van der Waals surface area (Å²) >= 11 is 0. The number of benzene rings is 3. The molecule has 0 saturated carbocycles. The molecule has 0 unspecified atom stereocenters. The number of hydrogen-bond acceptors (Lipinski definition) is 3. The Kier molecular flexibility index (Phi) is 5.61. The first-order valence-electron chi connectivity index (χ1n) is 8.42. The molecule has 0 heterocycles. The maximum atomic E-state index is 13.7. The number of nitro groups is 1. The Bertz CT molecular complexity index is 984. The zero-order valence-electron chi connectivity index (χ0n) is 14.8. The summed E-state index contributed by atoms with van der Waals surface area (Å²) in [6, 6.07) is 19.5. The average molecular weight is 363 g/mol. The molecule has 0 spiro atoms. The molecule has 0 aliphatic carbocycles. The molecule has 4 nitrogen and oxygen atoms in total. The van der Waals surface area contributed by atoms with E-state index in [1.54, 1.807) is 12.1 Å². The Morgan fingerprint density at radius 2 is 1.85 bits per heavy atom. The van der Waals surface area contributed by atoms with Gasteiger partial charge in [-0.25, -0.2) is 4.39 Å². The Hall–Kier alpha value is -3.47. The molecule has 3 rings (SSSR count). The van der Waals surface area contributed by atoms with Gasteiger partial charge < -0.3 is 4.74 Å². The fourth-order valence-electron chi connectivity index (χ4n) is 2.82. The van der Waals surface area contributed by atoms with Crippen molar-refractivity contribution in [3.05, 3.63) is 106 Å². The Morgan fingerprint density at radius 3 is 2.56 bits per heavy atom. The van der Waals surface area contributed by atoms with Gasteiger partial charge in [0.15, 0.2) is 0 Å². The van der Waals surface area contributed by atoms with Crippen molar-refractivity contribution in [3.63, 3.8) is 0 Å². The van der Waals surface area contributed by atoms with Crippen LogP contribution in [0, 0.1) is 22.9 Å². The fourth-order valence-corrected chi connectivity index (χ4v) is 2.82. The molecular formula is C22H18FNO3. The van der Waals surface area contributed by atoms with Gasteiger partial charge in [0.25, 0.3) is 0 Å². The summed E-state index contributed by atoms with van der Waals surface area (Å²) in [4.78, 5) is 10.3. The van der Waals surface area contributed by atoms with Crippen molar-refractivity contribution < 1.29 is 14.1 Å². The van der Waals surface area contributed by atoms with Gasteiger partial charge in [-0.05, 0) is 47.4 Å². The van der Waals surface area contributed by atoms with Crippen LogP contribution in [-0.2, 0) is 6.61 Å². The van der Waals surface area contributed by atoms with Gasteiger partial charge in [-0.1, -0.05) is 48.5 Å².